The van der Waals surface area contributed by atoms with Gasteiger partial charge in [-0.25, -0.2) is 0 Å². The largest absolute Gasteiger partial charge is 0.491 e. The third-order valence-electron chi connectivity index (χ3n) is 3.68. The molecular weight excluding hydrogens is 298 g/mol. The molecule has 0 saturated carbocycles. The maximum absolute atomic E-state index is 11.0. The van der Waals surface area contributed by atoms with Crippen molar-refractivity contribution >= 4 is 5.69 Å². The van der Waals surface area contributed by atoms with E-state index >= 15 is 0 Å². The third-order valence-corrected chi connectivity index (χ3v) is 3.68. The lowest BCUT2D eigenvalue weighted by Crippen LogP contribution is -2.24. The number of hydrogen-bond acceptors (Lipinski definition) is 5. The Bertz CT molecular complexity index is 679. The third kappa shape index (κ3) is 4.07. The number of nitrogens with zero attached hydrogens (tertiary/aromatic N) is 3. The molecule has 0 aliphatic heterocycles. The molecule has 124 valence electrons. The molecule has 0 bridgehead atoms. The number of rotatable bonds is 7. The van der Waals surface area contributed by atoms with Crippen LogP contribution in [0.4, 0.5) is 5.69 Å². The highest BCUT2D eigenvalue weighted by Gasteiger charge is 2.22. The van der Waals surface area contributed by atoms with E-state index in [0.29, 0.717) is 17.1 Å². The number of aryl methyl sites for hydroxylation is 2. The second kappa shape index (κ2) is 7.23. The monoisotopic (exact) mass is 319 g/mol. The van der Waals surface area contributed by atoms with E-state index in [4.69, 9.17) is 4.74 Å². The normalized spacial score (nSPS) is 12.2. The first-order valence-corrected chi connectivity index (χ1v) is 7.50. The number of ether oxygens (including phenoxy) is 1. The number of aromatic nitrogens is 2. The smallest absolute Gasteiger partial charge is 0.312 e. The Kier molecular flexibility index (Phi) is 5.33. The quantitative estimate of drug-likeness (QED) is 0.625. The second-order valence-electron chi connectivity index (χ2n) is 5.42. The van der Waals surface area contributed by atoms with Crippen LogP contribution in [0.5, 0.6) is 5.75 Å². The van der Waals surface area contributed by atoms with E-state index in [1.165, 1.54) is 10.2 Å². The van der Waals surface area contributed by atoms with Gasteiger partial charge in [0.05, 0.1) is 11.5 Å². The molecule has 0 radical (unpaired) electrons. The lowest BCUT2D eigenvalue weighted by molar-refractivity contribution is -0.386. The van der Waals surface area contributed by atoms with E-state index in [1.54, 1.807) is 13.8 Å². The Balaban J connectivity index is 1.95. The maximum Gasteiger partial charge on any atom is 0.312 e. The van der Waals surface area contributed by atoms with Gasteiger partial charge in [0, 0.05) is 0 Å². The number of nitro groups is 1. The molecule has 0 aliphatic rings. The molecule has 0 aliphatic carbocycles. The van der Waals surface area contributed by atoms with Gasteiger partial charge in [-0.3, -0.25) is 14.8 Å². The summed E-state index contributed by atoms with van der Waals surface area (Å²) >= 11 is 0. The SMILES string of the molecule is CCc1ccc(OC[C@@H](O)Cn2nc(C)c([N+](=O)[O-])c2C)cc1. The van der Waals surface area contributed by atoms with Crippen LogP contribution in [0.3, 0.4) is 0 Å². The van der Waals surface area contributed by atoms with Gasteiger partial charge in [-0.1, -0.05) is 19.1 Å². The number of aliphatic hydroxyl groups is 1. The average molecular weight is 319 g/mol. The fourth-order valence-corrected chi connectivity index (χ4v) is 2.40. The number of benzene rings is 1. The topological polar surface area (TPSA) is 90.4 Å². The zero-order chi connectivity index (χ0) is 17.0. The molecule has 1 aromatic carbocycles. The number of hydrogen-bond donors (Lipinski definition) is 1. The van der Waals surface area contributed by atoms with Crippen LogP contribution in [-0.4, -0.2) is 32.5 Å². The van der Waals surface area contributed by atoms with Crippen LogP contribution in [0.15, 0.2) is 24.3 Å². The van der Waals surface area contributed by atoms with Crippen LogP contribution in [0.1, 0.15) is 23.9 Å². The summed E-state index contributed by atoms with van der Waals surface area (Å²) in [6.45, 7) is 5.52. The summed E-state index contributed by atoms with van der Waals surface area (Å²) in [5.74, 6) is 0.681. The fraction of sp³-hybridized carbons (Fsp3) is 0.438. The summed E-state index contributed by atoms with van der Waals surface area (Å²) in [6, 6.07) is 7.68. The van der Waals surface area contributed by atoms with Gasteiger partial charge in [-0.2, -0.15) is 5.10 Å². The van der Waals surface area contributed by atoms with E-state index in [1.807, 2.05) is 24.3 Å². The molecule has 0 spiro atoms. The van der Waals surface area contributed by atoms with Crippen LogP contribution in [0, 0.1) is 24.0 Å². The molecule has 1 atom stereocenters. The van der Waals surface area contributed by atoms with Crippen LogP contribution in [0.25, 0.3) is 0 Å². The van der Waals surface area contributed by atoms with Crippen molar-refractivity contribution < 1.29 is 14.8 Å². The van der Waals surface area contributed by atoms with Crippen LogP contribution >= 0.6 is 0 Å². The second-order valence-corrected chi connectivity index (χ2v) is 5.42. The Morgan fingerprint density at radius 3 is 2.52 bits per heavy atom. The van der Waals surface area contributed by atoms with Crippen molar-refractivity contribution in [3.63, 3.8) is 0 Å². The van der Waals surface area contributed by atoms with Crippen molar-refractivity contribution in [2.24, 2.45) is 0 Å². The molecule has 1 N–H and O–H groups in total. The molecule has 7 nitrogen and oxygen atoms in total. The Hall–Kier alpha value is -2.41. The molecule has 7 heteroatoms. The first-order chi connectivity index (χ1) is 10.9. The first kappa shape index (κ1) is 17.0. The molecule has 0 saturated heterocycles. The van der Waals surface area contributed by atoms with Crippen molar-refractivity contribution in [2.45, 2.75) is 39.8 Å². The van der Waals surface area contributed by atoms with Crippen LogP contribution in [0.2, 0.25) is 0 Å². The zero-order valence-corrected chi connectivity index (χ0v) is 13.5. The maximum atomic E-state index is 11.0. The first-order valence-electron chi connectivity index (χ1n) is 7.50. The van der Waals surface area contributed by atoms with Crippen LogP contribution in [-0.2, 0) is 13.0 Å². The van der Waals surface area contributed by atoms with Gasteiger partial charge in [0.1, 0.15) is 29.8 Å². The van der Waals surface area contributed by atoms with Gasteiger partial charge in [0.2, 0.25) is 0 Å². The Morgan fingerprint density at radius 2 is 2.00 bits per heavy atom. The lowest BCUT2D eigenvalue weighted by Gasteiger charge is -2.13. The standard InChI is InChI=1S/C16H21N3O4/c1-4-13-5-7-15(8-6-13)23-10-14(20)9-18-12(3)16(19(21)22)11(2)17-18/h5-8,14,20H,4,9-10H2,1-3H3/t14-/m0/s1. The van der Waals surface area contributed by atoms with Crippen molar-refractivity contribution in [2.75, 3.05) is 6.61 Å². The summed E-state index contributed by atoms with van der Waals surface area (Å²) in [4.78, 5) is 10.5. The molecule has 23 heavy (non-hydrogen) atoms. The highest BCUT2D eigenvalue weighted by atomic mass is 16.6. The lowest BCUT2D eigenvalue weighted by atomic mass is 10.2. The predicted octanol–water partition coefficient (Wildman–Crippen LogP) is 2.41. The highest BCUT2D eigenvalue weighted by Crippen LogP contribution is 2.22. The molecule has 0 unspecified atom stereocenters. The molecule has 0 fully saturated rings. The zero-order valence-electron chi connectivity index (χ0n) is 13.5. The van der Waals surface area contributed by atoms with Gasteiger partial charge in [0.15, 0.2) is 0 Å². The average Bonchev–Trinajstić information content (AvgIpc) is 2.79. The van der Waals surface area contributed by atoms with Gasteiger partial charge in [-0.15, -0.1) is 0 Å². The van der Waals surface area contributed by atoms with Gasteiger partial charge in [-0.05, 0) is 38.0 Å². The van der Waals surface area contributed by atoms with E-state index in [9.17, 15) is 15.2 Å². The highest BCUT2D eigenvalue weighted by molar-refractivity contribution is 5.39. The summed E-state index contributed by atoms with van der Waals surface area (Å²) in [7, 11) is 0. The molecular formula is C16H21N3O4. The fourth-order valence-electron chi connectivity index (χ4n) is 2.40. The molecule has 0 amide bonds. The van der Waals surface area contributed by atoms with Crippen molar-refractivity contribution in [3.8, 4) is 5.75 Å². The molecule has 2 rings (SSSR count). The minimum absolute atomic E-state index is 0.00623. The minimum Gasteiger partial charge on any atom is -0.491 e. The number of aliphatic hydroxyl groups excluding tert-OH is 1. The molecule has 2 aromatic rings. The summed E-state index contributed by atoms with van der Waals surface area (Å²) < 4.78 is 6.98. The predicted molar refractivity (Wildman–Crippen MR) is 85.7 cm³/mol. The molecule has 1 heterocycles. The molecule has 1 aromatic heterocycles. The Labute approximate surface area is 134 Å². The van der Waals surface area contributed by atoms with Gasteiger partial charge < -0.3 is 9.84 Å². The van der Waals surface area contributed by atoms with Gasteiger partial charge in [0.25, 0.3) is 0 Å². The van der Waals surface area contributed by atoms with E-state index in [0.717, 1.165) is 6.42 Å². The summed E-state index contributed by atoms with van der Waals surface area (Å²) in [5, 5.41) is 25.2. The van der Waals surface area contributed by atoms with E-state index < -0.39 is 11.0 Å². The summed E-state index contributed by atoms with van der Waals surface area (Å²) in [5.41, 5.74) is 1.98. The summed E-state index contributed by atoms with van der Waals surface area (Å²) in [6.07, 6.45) is 0.151. The minimum atomic E-state index is -0.807. The van der Waals surface area contributed by atoms with Crippen molar-refractivity contribution in [1.82, 2.24) is 9.78 Å². The van der Waals surface area contributed by atoms with E-state index in [-0.39, 0.29) is 18.8 Å². The van der Waals surface area contributed by atoms with Gasteiger partial charge >= 0.3 is 5.69 Å². The van der Waals surface area contributed by atoms with Crippen LogP contribution < -0.4 is 4.74 Å². The van der Waals surface area contributed by atoms with Crippen molar-refractivity contribution in [1.29, 1.82) is 0 Å². The van der Waals surface area contributed by atoms with Crippen molar-refractivity contribution in [3.05, 3.63) is 51.3 Å². The van der Waals surface area contributed by atoms with E-state index in [2.05, 4.69) is 12.0 Å². The Morgan fingerprint density at radius 1 is 1.35 bits per heavy atom.